The van der Waals surface area contributed by atoms with E-state index in [1.807, 2.05) is 20.1 Å². The SMILES string of the molecule is CSc1cc(N)c([N+](=O)[O-])cc1OC(C)C. The molecule has 1 aromatic rings. The predicted molar refractivity (Wildman–Crippen MR) is 65.1 cm³/mol. The Morgan fingerprint density at radius 2 is 2.12 bits per heavy atom. The Balaban J connectivity index is 3.23. The van der Waals surface area contributed by atoms with Crippen molar-refractivity contribution < 1.29 is 9.66 Å². The Kier molecular flexibility index (Phi) is 4.00. The monoisotopic (exact) mass is 242 g/mol. The summed E-state index contributed by atoms with van der Waals surface area (Å²) in [7, 11) is 0. The molecular formula is C10H14N2O3S. The first-order valence-electron chi connectivity index (χ1n) is 4.74. The van der Waals surface area contributed by atoms with E-state index >= 15 is 0 Å². The zero-order valence-electron chi connectivity index (χ0n) is 9.39. The molecular weight excluding hydrogens is 228 g/mol. The fraction of sp³-hybridized carbons (Fsp3) is 0.400. The minimum atomic E-state index is -0.507. The smallest absolute Gasteiger partial charge is 0.295 e. The van der Waals surface area contributed by atoms with E-state index in [4.69, 9.17) is 10.5 Å². The van der Waals surface area contributed by atoms with E-state index < -0.39 is 4.92 Å². The van der Waals surface area contributed by atoms with Gasteiger partial charge in [0.05, 0.1) is 22.0 Å². The number of nitrogen functional groups attached to an aromatic ring is 1. The first-order valence-corrected chi connectivity index (χ1v) is 5.96. The minimum absolute atomic E-state index is 0.0332. The van der Waals surface area contributed by atoms with Gasteiger partial charge < -0.3 is 10.5 Å². The van der Waals surface area contributed by atoms with Gasteiger partial charge in [-0.15, -0.1) is 11.8 Å². The fourth-order valence-corrected chi connectivity index (χ4v) is 1.78. The van der Waals surface area contributed by atoms with Gasteiger partial charge in [0.25, 0.3) is 5.69 Å². The summed E-state index contributed by atoms with van der Waals surface area (Å²) in [4.78, 5) is 11.0. The first-order chi connectivity index (χ1) is 7.45. The number of rotatable bonds is 4. The summed E-state index contributed by atoms with van der Waals surface area (Å²) >= 11 is 1.44. The lowest BCUT2D eigenvalue weighted by molar-refractivity contribution is -0.384. The third-order valence-corrected chi connectivity index (χ3v) is 2.63. The molecule has 0 amide bonds. The van der Waals surface area contributed by atoms with Crippen LogP contribution in [0.1, 0.15) is 13.8 Å². The number of nitro benzene ring substituents is 1. The second-order valence-corrected chi connectivity index (χ2v) is 4.33. The quantitative estimate of drug-likeness (QED) is 0.380. The number of nitrogens with two attached hydrogens (primary N) is 1. The van der Waals surface area contributed by atoms with Crippen LogP contribution in [-0.4, -0.2) is 17.3 Å². The van der Waals surface area contributed by atoms with Crippen LogP contribution >= 0.6 is 11.8 Å². The molecule has 0 aliphatic heterocycles. The molecule has 88 valence electrons. The Hall–Kier alpha value is -1.43. The van der Waals surface area contributed by atoms with E-state index in [0.29, 0.717) is 5.75 Å². The second-order valence-electron chi connectivity index (χ2n) is 3.49. The van der Waals surface area contributed by atoms with Gasteiger partial charge in [0.15, 0.2) is 0 Å². The van der Waals surface area contributed by atoms with Crippen molar-refractivity contribution in [1.29, 1.82) is 0 Å². The zero-order valence-corrected chi connectivity index (χ0v) is 10.2. The molecule has 16 heavy (non-hydrogen) atoms. The van der Waals surface area contributed by atoms with Gasteiger partial charge in [-0.1, -0.05) is 0 Å². The van der Waals surface area contributed by atoms with Crippen LogP contribution in [0.5, 0.6) is 5.75 Å². The van der Waals surface area contributed by atoms with Crippen molar-refractivity contribution in [3.63, 3.8) is 0 Å². The van der Waals surface area contributed by atoms with Gasteiger partial charge in [-0.25, -0.2) is 0 Å². The molecule has 0 atom stereocenters. The van der Waals surface area contributed by atoms with Gasteiger partial charge in [-0.3, -0.25) is 10.1 Å². The normalized spacial score (nSPS) is 10.5. The molecule has 0 aromatic heterocycles. The molecule has 0 aliphatic rings. The van der Waals surface area contributed by atoms with Crippen LogP contribution in [0.25, 0.3) is 0 Å². The highest BCUT2D eigenvalue weighted by atomic mass is 32.2. The molecule has 0 fully saturated rings. The third-order valence-electron chi connectivity index (χ3n) is 1.87. The number of benzene rings is 1. The van der Waals surface area contributed by atoms with Gasteiger partial charge in [0.1, 0.15) is 11.4 Å². The summed E-state index contributed by atoms with van der Waals surface area (Å²) in [6.07, 6.45) is 1.84. The number of hydrogen-bond donors (Lipinski definition) is 1. The molecule has 0 saturated carbocycles. The molecule has 1 aromatic carbocycles. The molecule has 1 rings (SSSR count). The molecule has 2 N–H and O–H groups in total. The van der Waals surface area contributed by atoms with Crippen molar-refractivity contribution in [3.8, 4) is 5.75 Å². The second kappa shape index (κ2) is 5.07. The summed E-state index contributed by atoms with van der Waals surface area (Å²) < 4.78 is 5.50. The van der Waals surface area contributed by atoms with E-state index in [-0.39, 0.29) is 17.5 Å². The van der Waals surface area contributed by atoms with Gasteiger partial charge in [0.2, 0.25) is 0 Å². The number of thioether (sulfide) groups is 1. The highest BCUT2D eigenvalue weighted by Crippen LogP contribution is 2.36. The summed E-state index contributed by atoms with van der Waals surface area (Å²) in [5, 5.41) is 10.7. The first kappa shape index (κ1) is 12.6. The van der Waals surface area contributed by atoms with E-state index in [1.165, 1.54) is 17.8 Å². The van der Waals surface area contributed by atoms with Crippen molar-refractivity contribution in [1.82, 2.24) is 0 Å². The topological polar surface area (TPSA) is 78.4 Å². The van der Waals surface area contributed by atoms with Crippen molar-refractivity contribution in [2.75, 3.05) is 12.0 Å². The van der Waals surface area contributed by atoms with Crippen LogP contribution in [0.2, 0.25) is 0 Å². The lowest BCUT2D eigenvalue weighted by atomic mass is 10.2. The van der Waals surface area contributed by atoms with Gasteiger partial charge in [-0.2, -0.15) is 0 Å². The summed E-state index contributed by atoms with van der Waals surface area (Å²) in [6, 6.07) is 2.95. The van der Waals surface area contributed by atoms with Crippen molar-refractivity contribution in [2.24, 2.45) is 0 Å². The number of ether oxygens (including phenoxy) is 1. The fourth-order valence-electron chi connectivity index (χ4n) is 1.23. The Bertz CT molecular complexity index is 407. The molecule has 0 aliphatic carbocycles. The number of nitro groups is 1. The van der Waals surface area contributed by atoms with Crippen LogP contribution in [0.4, 0.5) is 11.4 Å². The lowest BCUT2D eigenvalue weighted by Crippen LogP contribution is -2.07. The highest BCUT2D eigenvalue weighted by Gasteiger charge is 2.17. The molecule has 0 bridgehead atoms. The average Bonchev–Trinajstić information content (AvgIpc) is 2.18. The molecule has 0 heterocycles. The molecule has 5 nitrogen and oxygen atoms in total. The lowest BCUT2D eigenvalue weighted by Gasteiger charge is -2.13. The van der Waals surface area contributed by atoms with Crippen molar-refractivity contribution >= 4 is 23.1 Å². The van der Waals surface area contributed by atoms with Crippen LogP contribution in [0.3, 0.4) is 0 Å². The maximum absolute atomic E-state index is 10.7. The van der Waals surface area contributed by atoms with E-state index in [2.05, 4.69) is 0 Å². The molecule has 0 radical (unpaired) electrons. The highest BCUT2D eigenvalue weighted by molar-refractivity contribution is 7.98. The molecule has 0 saturated heterocycles. The maximum atomic E-state index is 10.7. The van der Waals surface area contributed by atoms with Gasteiger partial charge in [-0.05, 0) is 26.2 Å². The van der Waals surface area contributed by atoms with Gasteiger partial charge in [0, 0.05) is 0 Å². The van der Waals surface area contributed by atoms with E-state index in [9.17, 15) is 10.1 Å². The predicted octanol–water partition coefficient (Wildman–Crippen LogP) is 2.69. The summed E-state index contributed by atoms with van der Waals surface area (Å²) in [5.74, 6) is 0.503. The average molecular weight is 242 g/mol. The molecule has 0 spiro atoms. The van der Waals surface area contributed by atoms with Crippen molar-refractivity contribution in [2.45, 2.75) is 24.8 Å². The number of nitrogens with zero attached hydrogens (tertiary/aromatic N) is 1. The van der Waals surface area contributed by atoms with Crippen molar-refractivity contribution in [3.05, 3.63) is 22.2 Å². The Morgan fingerprint density at radius 1 is 1.50 bits per heavy atom. The zero-order chi connectivity index (χ0) is 12.3. The Labute approximate surface area is 98.1 Å². The number of hydrogen-bond acceptors (Lipinski definition) is 5. The van der Waals surface area contributed by atoms with Crippen LogP contribution < -0.4 is 10.5 Å². The third kappa shape index (κ3) is 2.79. The molecule has 6 heteroatoms. The standard InChI is InChI=1S/C10H14N2O3S/c1-6(2)15-9-5-8(12(13)14)7(11)4-10(9)16-3/h4-6H,11H2,1-3H3. The van der Waals surface area contributed by atoms with Crippen LogP contribution in [0.15, 0.2) is 17.0 Å². The largest absolute Gasteiger partial charge is 0.490 e. The van der Waals surface area contributed by atoms with Crippen LogP contribution in [0, 0.1) is 10.1 Å². The summed E-state index contributed by atoms with van der Waals surface area (Å²) in [6.45, 7) is 3.73. The van der Waals surface area contributed by atoms with E-state index in [1.54, 1.807) is 6.07 Å². The minimum Gasteiger partial charge on any atom is -0.490 e. The molecule has 0 unspecified atom stereocenters. The van der Waals surface area contributed by atoms with Gasteiger partial charge >= 0.3 is 0 Å². The summed E-state index contributed by atoms with van der Waals surface area (Å²) in [5.41, 5.74) is 5.63. The van der Waals surface area contributed by atoms with E-state index in [0.717, 1.165) is 4.90 Å². The number of anilines is 1. The maximum Gasteiger partial charge on any atom is 0.295 e. The van der Waals surface area contributed by atoms with Crippen LogP contribution in [-0.2, 0) is 0 Å². The Morgan fingerprint density at radius 3 is 2.56 bits per heavy atom.